The van der Waals surface area contributed by atoms with Crippen molar-refractivity contribution in [2.45, 2.75) is 25.8 Å². The Morgan fingerprint density at radius 1 is 1.50 bits per heavy atom. The summed E-state index contributed by atoms with van der Waals surface area (Å²) in [5, 5.41) is 7.96. The van der Waals surface area contributed by atoms with E-state index < -0.39 is 0 Å². The van der Waals surface area contributed by atoms with Crippen LogP contribution in [0.4, 0.5) is 0 Å². The van der Waals surface area contributed by atoms with Crippen LogP contribution in [-0.2, 0) is 16.0 Å². The Kier molecular flexibility index (Phi) is 3.69. The summed E-state index contributed by atoms with van der Waals surface area (Å²) >= 11 is 0. The largest absolute Gasteiger partial charge is 0.380 e. The molecular formula is C15H19N3O2. The SMILES string of the molecule is C[C@H]1CCOCCN1C(=O)Cc1ccc2[nH]ncc2c1. The van der Waals surface area contributed by atoms with Crippen molar-refractivity contribution < 1.29 is 9.53 Å². The van der Waals surface area contributed by atoms with E-state index in [0.717, 1.165) is 29.5 Å². The monoisotopic (exact) mass is 273 g/mol. The molecule has 5 nitrogen and oxygen atoms in total. The summed E-state index contributed by atoms with van der Waals surface area (Å²) in [4.78, 5) is 14.4. The molecule has 0 radical (unpaired) electrons. The number of aromatic nitrogens is 2. The fraction of sp³-hybridized carbons (Fsp3) is 0.467. The first-order chi connectivity index (χ1) is 9.74. The molecule has 1 aromatic heterocycles. The third kappa shape index (κ3) is 2.67. The van der Waals surface area contributed by atoms with E-state index in [-0.39, 0.29) is 11.9 Å². The molecule has 0 spiro atoms. The minimum atomic E-state index is 0.172. The number of carbonyl (C=O) groups is 1. The van der Waals surface area contributed by atoms with Crippen molar-refractivity contribution >= 4 is 16.8 Å². The third-order valence-corrected chi connectivity index (χ3v) is 3.87. The highest BCUT2D eigenvalue weighted by Gasteiger charge is 2.22. The zero-order valence-electron chi connectivity index (χ0n) is 11.6. The Labute approximate surface area is 117 Å². The molecule has 106 valence electrons. The number of H-pyrrole nitrogens is 1. The standard InChI is InChI=1S/C15H19N3O2/c1-11-4-6-20-7-5-18(11)15(19)9-12-2-3-14-13(8-12)10-16-17-14/h2-3,8,10-11H,4-7,9H2,1H3,(H,16,17)/t11-/m0/s1. The van der Waals surface area contributed by atoms with Gasteiger partial charge in [-0.05, 0) is 31.0 Å². The summed E-state index contributed by atoms with van der Waals surface area (Å²) < 4.78 is 5.44. The van der Waals surface area contributed by atoms with E-state index >= 15 is 0 Å². The molecule has 5 heteroatoms. The second-order valence-electron chi connectivity index (χ2n) is 5.31. The number of aromatic amines is 1. The molecule has 0 bridgehead atoms. The van der Waals surface area contributed by atoms with Crippen molar-refractivity contribution in [3.8, 4) is 0 Å². The molecule has 1 aliphatic heterocycles. The third-order valence-electron chi connectivity index (χ3n) is 3.87. The van der Waals surface area contributed by atoms with Crippen molar-refractivity contribution in [2.24, 2.45) is 0 Å². The Bertz CT molecular complexity index is 608. The maximum absolute atomic E-state index is 12.5. The normalized spacial score (nSPS) is 20.1. The van der Waals surface area contributed by atoms with E-state index in [1.54, 1.807) is 6.20 Å². The van der Waals surface area contributed by atoms with Crippen molar-refractivity contribution in [3.63, 3.8) is 0 Å². The first kappa shape index (κ1) is 13.1. The lowest BCUT2D eigenvalue weighted by atomic mass is 10.1. The van der Waals surface area contributed by atoms with E-state index in [1.807, 2.05) is 23.1 Å². The minimum Gasteiger partial charge on any atom is -0.380 e. The molecule has 1 fully saturated rings. The fourth-order valence-corrected chi connectivity index (χ4v) is 2.64. The number of hydrogen-bond acceptors (Lipinski definition) is 3. The molecule has 0 aliphatic carbocycles. The zero-order chi connectivity index (χ0) is 13.9. The summed E-state index contributed by atoms with van der Waals surface area (Å²) in [5.74, 6) is 0.172. The van der Waals surface area contributed by atoms with Crippen LogP contribution in [0.3, 0.4) is 0 Å². The van der Waals surface area contributed by atoms with E-state index in [0.29, 0.717) is 19.6 Å². The number of benzene rings is 1. The second kappa shape index (κ2) is 5.63. The molecule has 0 unspecified atom stereocenters. The first-order valence-electron chi connectivity index (χ1n) is 7.03. The van der Waals surface area contributed by atoms with Crippen LogP contribution in [0.1, 0.15) is 18.9 Å². The fourth-order valence-electron chi connectivity index (χ4n) is 2.64. The van der Waals surface area contributed by atoms with Crippen molar-refractivity contribution in [3.05, 3.63) is 30.0 Å². The number of nitrogens with zero attached hydrogens (tertiary/aromatic N) is 2. The lowest BCUT2D eigenvalue weighted by Crippen LogP contribution is -2.40. The van der Waals surface area contributed by atoms with Crippen LogP contribution in [0.15, 0.2) is 24.4 Å². The van der Waals surface area contributed by atoms with Gasteiger partial charge in [-0.2, -0.15) is 5.10 Å². The Morgan fingerprint density at radius 3 is 3.30 bits per heavy atom. The number of amides is 1. The van der Waals surface area contributed by atoms with Gasteiger partial charge in [-0.1, -0.05) is 6.07 Å². The van der Waals surface area contributed by atoms with E-state index in [9.17, 15) is 4.79 Å². The molecule has 2 heterocycles. The minimum absolute atomic E-state index is 0.172. The molecule has 1 aliphatic rings. The van der Waals surface area contributed by atoms with Gasteiger partial charge in [0.25, 0.3) is 0 Å². The van der Waals surface area contributed by atoms with Crippen LogP contribution < -0.4 is 0 Å². The molecule has 1 atom stereocenters. The Morgan fingerprint density at radius 2 is 2.40 bits per heavy atom. The van der Waals surface area contributed by atoms with Crippen molar-refractivity contribution in [1.29, 1.82) is 0 Å². The smallest absolute Gasteiger partial charge is 0.227 e. The van der Waals surface area contributed by atoms with Crippen LogP contribution in [0.2, 0.25) is 0 Å². The zero-order valence-corrected chi connectivity index (χ0v) is 11.6. The Hall–Kier alpha value is -1.88. The first-order valence-corrected chi connectivity index (χ1v) is 7.03. The van der Waals surface area contributed by atoms with Crippen LogP contribution in [0.25, 0.3) is 10.9 Å². The van der Waals surface area contributed by atoms with Gasteiger partial charge in [-0.3, -0.25) is 9.89 Å². The van der Waals surface area contributed by atoms with Crippen LogP contribution >= 0.6 is 0 Å². The quantitative estimate of drug-likeness (QED) is 0.906. The topological polar surface area (TPSA) is 58.2 Å². The summed E-state index contributed by atoms with van der Waals surface area (Å²) in [6.45, 7) is 4.16. The average molecular weight is 273 g/mol. The maximum atomic E-state index is 12.5. The molecule has 3 rings (SSSR count). The molecule has 1 N–H and O–H groups in total. The predicted molar refractivity (Wildman–Crippen MR) is 76.4 cm³/mol. The van der Waals surface area contributed by atoms with E-state index in [2.05, 4.69) is 17.1 Å². The molecule has 0 saturated carbocycles. The maximum Gasteiger partial charge on any atom is 0.227 e. The van der Waals surface area contributed by atoms with Crippen molar-refractivity contribution in [2.75, 3.05) is 19.8 Å². The van der Waals surface area contributed by atoms with Gasteiger partial charge in [-0.15, -0.1) is 0 Å². The predicted octanol–water partition coefficient (Wildman–Crippen LogP) is 1.74. The summed E-state index contributed by atoms with van der Waals surface area (Å²) in [6.07, 6.45) is 3.13. The highest BCUT2D eigenvalue weighted by Crippen LogP contribution is 2.16. The lowest BCUT2D eigenvalue weighted by molar-refractivity contribution is -0.132. The van der Waals surface area contributed by atoms with Crippen LogP contribution in [0.5, 0.6) is 0 Å². The van der Waals surface area contributed by atoms with Crippen LogP contribution in [-0.4, -0.2) is 46.8 Å². The molecule has 1 saturated heterocycles. The van der Waals surface area contributed by atoms with Gasteiger partial charge in [0.2, 0.25) is 5.91 Å². The number of ether oxygens (including phenoxy) is 1. The second-order valence-corrected chi connectivity index (χ2v) is 5.31. The molecule has 1 amide bonds. The van der Waals surface area contributed by atoms with Gasteiger partial charge >= 0.3 is 0 Å². The van der Waals surface area contributed by atoms with Crippen LogP contribution in [0, 0.1) is 0 Å². The van der Waals surface area contributed by atoms with Gasteiger partial charge in [0.15, 0.2) is 0 Å². The molecular weight excluding hydrogens is 254 g/mol. The number of nitrogens with one attached hydrogen (secondary N) is 1. The summed E-state index contributed by atoms with van der Waals surface area (Å²) in [5.41, 5.74) is 2.03. The van der Waals surface area contributed by atoms with Gasteiger partial charge in [-0.25, -0.2) is 0 Å². The number of hydrogen-bond donors (Lipinski definition) is 1. The number of carbonyl (C=O) groups excluding carboxylic acids is 1. The van der Waals surface area contributed by atoms with Gasteiger partial charge in [0.1, 0.15) is 0 Å². The van der Waals surface area contributed by atoms with Gasteiger partial charge in [0.05, 0.1) is 24.7 Å². The van der Waals surface area contributed by atoms with E-state index in [4.69, 9.17) is 4.74 Å². The highest BCUT2D eigenvalue weighted by atomic mass is 16.5. The van der Waals surface area contributed by atoms with Gasteiger partial charge < -0.3 is 9.64 Å². The van der Waals surface area contributed by atoms with Crippen molar-refractivity contribution in [1.82, 2.24) is 15.1 Å². The number of rotatable bonds is 2. The number of fused-ring (bicyclic) bond motifs is 1. The summed E-state index contributed by atoms with van der Waals surface area (Å²) in [6, 6.07) is 6.23. The van der Waals surface area contributed by atoms with E-state index in [1.165, 1.54) is 0 Å². The molecule has 20 heavy (non-hydrogen) atoms. The Balaban J connectivity index is 1.73. The molecule has 1 aromatic carbocycles. The molecule has 2 aromatic rings. The van der Waals surface area contributed by atoms with Gasteiger partial charge in [0, 0.05) is 24.6 Å². The summed E-state index contributed by atoms with van der Waals surface area (Å²) in [7, 11) is 0. The highest BCUT2D eigenvalue weighted by molar-refractivity contribution is 5.83. The average Bonchev–Trinajstić information content (AvgIpc) is 2.79. The lowest BCUT2D eigenvalue weighted by Gasteiger charge is -2.26.